The SMILES string of the molecule is COc1ccccc1[C@@H]1c2[nH]c3ccccc3c2C[C@H]2C(=O)N(CCc3cccc(F)c3)CC(=O)N12. The lowest BCUT2D eigenvalue weighted by Gasteiger charge is -2.47. The molecule has 1 fully saturated rings. The Labute approximate surface area is 208 Å². The number of piperazine rings is 1. The number of fused-ring (bicyclic) bond motifs is 4. The molecule has 36 heavy (non-hydrogen) atoms. The van der Waals surface area contributed by atoms with Gasteiger partial charge in [-0.2, -0.15) is 0 Å². The Morgan fingerprint density at radius 1 is 1.03 bits per heavy atom. The van der Waals surface area contributed by atoms with Crippen LogP contribution in [0, 0.1) is 5.82 Å². The number of nitrogens with zero attached hydrogens (tertiary/aromatic N) is 2. The van der Waals surface area contributed by atoms with Crippen LogP contribution in [0.3, 0.4) is 0 Å². The zero-order valence-electron chi connectivity index (χ0n) is 19.9. The predicted octanol–water partition coefficient (Wildman–Crippen LogP) is 4.24. The van der Waals surface area contributed by atoms with Gasteiger partial charge >= 0.3 is 0 Å². The molecule has 2 atom stereocenters. The Morgan fingerprint density at radius 2 is 1.83 bits per heavy atom. The van der Waals surface area contributed by atoms with Gasteiger partial charge in [-0.15, -0.1) is 0 Å². The van der Waals surface area contributed by atoms with E-state index in [1.165, 1.54) is 12.1 Å². The van der Waals surface area contributed by atoms with E-state index in [-0.39, 0.29) is 24.2 Å². The van der Waals surface area contributed by atoms with Crippen LogP contribution in [-0.2, 0) is 22.4 Å². The molecule has 0 bridgehead atoms. The van der Waals surface area contributed by atoms with Crippen molar-refractivity contribution in [3.63, 3.8) is 0 Å². The van der Waals surface area contributed by atoms with E-state index in [0.29, 0.717) is 25.1 Å². The number of ether oxygens (including phenoxy) is 1. The van der Waals surface area contributed by atoms with Crippen LogP contribution in [0.5, 0.6) is 5.75 Å². The van der Waals surface area contributed by atoms with Crippen molar-refractivity contribution in [2.45, 2.75) is 24.9 Å². The first-order valence-electron chi connectivity index (χ1n) is 12.1. The lowest BCUT2D eigenvalue weighted by molar-refractivity contribution is -0.158. The molecule has 0 spiro atoms. The maximum Gasteiger partial charge on any atom is 0.246 e. The number of benzene rings is 3. The van der Waals surface area contributed by atoms with E-state index in [4.69, 9.17) is 4.74 Å². The second-order valence-corrected chi connectivity index (χ2v) is 9.37. The molecule has 0 unspecified atom stereocenters. The third kappa shape index (κ3) is 3.63. The summed E-state index contributed by atoms with van der Waals surface area (Å²) in [5, 5.41) is 1.06. The number of nitrogens with one attached hydrogen (secondary N) is 1. The minimum Gasteiger partial charge on any atom is -0.496 e. The molecule has 3 aromatic carbocycles. The summed E-state index contributed by atoms with van der Waals surface area (Å²) in [5.74, 6) is 0.168. The van der Waals surface area contributed by atoms with Gasteiger partial charge in [0.05, 0.1) is 13.7 Å². The lowest BCUT2D eigenvalue weighted by Crippen LogP contribution is -2.63. The monoisotopic (exact) mass is 483 g/mol. The summed E-state index contributed by atoms with van der Waals surface area (Å²) in [5.41, 5.74) is 4.59. The summed E-state index contributed by atoms with van der Waals surface area (Å²) < 4.78 is 19.3. The maximum atomic E-state index is 13.8. The number of rotatable bonds is 5. The van der Waals surface area contributed by atoms with E-state index in [9.17, 15) is 14.0 Å². The molecule has 1 N–H and O–H groups in total. The average molecular weight is 484 g/mol. The van der Waals surface area contributed by atoms with E-state index < -0.39 is 12.1 Å². The molecule has 4 aromatic rings. The predicted molar refractivity (Wildman–Crippen MR) is 134 cm³/mol. The Hall–Kier alpha value is -4.13. The molecule has 0 aliphatic carbocycles. The molecule has 7 heteroatoms. The van der Waals surface area contributed by atoms with Crippen LogP contribution in [0.1, 0.15) is 28.4 Å². The number of carbonyl (C=O) groups excluding carboxylic acids is 2. The number of aromatic amines is 1. The smallest absolute Gasteiger partial charge is 0.246 e. The number of halogens is 1. The first kappa shape index (κ1) is 22.3. The van der Waals surface area contributed by atoms with Gasteiger partial charge < -0.3 is 19.5 Å². The Morgan fingerprint density at radius 3 is 2.67 bits per heavy atom. The zero-order chi connectivity index (χ0) is 24.8. The second-order valence-electron chi connectivity index (χ2n) is 9.37. The van der Waals surface area contributed by atoms with Crippen molar-refractivity contribution < 1.29 is 18.7 Å². The van der Waals surface area contributed by atoms with E-state index in [1.54, 1.807) is 23.0 Å². The summed E-state index contributed by atoms with van der Waals surface area (Å²) in [7, 11) is 1.61. The minimum absolute atomic E-state index is 0.00808. The van der Waals surface area contributed by atoms with Crippen molar-refractivity contribution in [2.75, 3.05) is 20.2 Å². The molecule has 6 nitrogen and oxygen atoms in total. The van der Waals surface area contributed by atoms with E-state index in [1.807, 2.05) is 48.5 Å². The lowest BCUT2D eigenvalue weighted by atomic mass is 9.86. The molecule has 1 aromatic heterocycles. The molecule has 2 aliphatic heterocycles. The first-order valence-corrected chi connectivity index (χ1v) is 12.1. The quantitative estimate of drug-likeness (QED) is 0.462. The number of para-hydroxylation sites is 2. The Bertz CT molecular complexity index is 1480. The molecule has 2 amide bonds. The first-order chi connectivity index (χ1) is 17.5. The zero-order valence-corrected chi connectivity index (χ0v) is 19.9. The summed E-state index contributed by atoms with van der Waals surface area (Å²) >= 11 is 0. The number of aromatic nitrogens is 1. The number of hydrogen-bond acceptors (Lipinski definition) is 3. The number of carbonyl (C=O) groups is 2. The highest BCUT2D eigenvalue weighted by atomic mass is 19.1. The molecule has 0 radical (unpaired) electrons. The van der Waals surface area contributed by atoms with Crippen LogP contribution in [0.4, 0.5) is 4.39 Å². The van der Waals surface area contributed by atoms with Crippen molar-refractivity contribution in [3.05, 3.63) is 101 Å². The molecular formula is C29H26FN3O3. The van der Waals surface area contributed by atoms with Crippen molar-refractivity contribution in [2.24, 2.45) is 0 Å². The van der Waals surface area contributed by atoms with E-state index in [2.05, 4.69) is 11.1 Å². The van der Waals surface area contributed by atoms with Crippen LogP contribution in [0.15, 0.2) is 72.8 Å². The average Bonchev–Trinajstić information content (AvgIpc) is 3.27. The van der Waals surface area contributed by atoms with Gasteiger partial charge in [0, 0.05) is 35.1 Å². The molecule has 0 saturated carbocycles. The summed E-state index contributed by atoms with van der Waals surface area (Å²) in [4.78, 5) is 34.4. The normalized spacial score (nSPS) is 19.4. The summed E-state index contributed by atoms with van der Waals surface area (Å²) in [6.45, 7) is 0.351. The third-order valence-electron chi connectivity index (χ3n) is 7.34. The molecule has 2 aliphatic rings. The van der Waals surface area contributed by atoms with Gasteiger partial charge in [-0.05, 0) is 41.8 Å². The van der Waals surface area contributed by atoms with Crippen LogP contribution in [0.25, 0.3) is 10.9 Å². The fraction of sp³-hybridized carbons (Fsp3) is 0.241. The fourth-order valence-electron chi connectivity index (χ4n) is 5.69. The highest BCUT2D eigenvalue weighted by Gasteiger charge is 2.48. The largest absolute Gasteiger partial charge is 0.496 e. The summed E-state index contributed by atoms with van der Waals surface area (Å²) in [6, 6.07) is 20.9. The van der Waals surface area contributed by atoms with Crippen LogP contribution in [-0.4, -0.2) is 52.8 Å². The summed E-state index contributed by atoms with van der Waals surface area (Å²) in [6.07, 6.45) is 0.920. The number of methoxy groups -OCH3 is 1. The van der Waals surface area contributed by atoms with Crippen LogP contribution >= 0.6 is 0 Å². The van der Waals surface area contributed by atoms with E-state index >= 15 is 0 Å². The van der Waals surface area contributed by atoms with Crippen molar-refractivity contribution in [1.29, 1.82) is 0 Å². The number of H-pyrrole nitrogens is 1. The number of amides is 2. The van der Waals surface area contributed by atoms with Crippen molar-refractivity contribution in [3.8, 4) is 5.75 Å². The van der Waals surface area contributed by atoms with Crippen LogP contribution in [0.2, 0.25) is 0 Å². The maximum absolute atomic E-state index is 13.8. The van der Waals surface area contributed by atoms with Gasteiger partial charge in [0.25, 0.3) is 0 Å². The van der Waals surface area contributed by atoms with E-state index in [0.717, 1.165) is 33.3 Å². The van der Waals surface area contributed by atoms with Gasteiger partial charge in [-0.25, -0.2) is 4.39 Å². The third-order valence-corrected chi connectivity index (χ3v) is 7.34. The fourth-order valence-corrected chi connectivity index (χ4v) is 5.69. The van der Waals surface area contributed by atoms with Crippen LogP contribution < -0.4 is 4.74 Å². The van der Waals surface area contributed by atoms with Gasteiger partial charge in [0.2, 0.25) is 11.8 Å². The molecule has 182 valence electrons. The highest BCUT2D eigenvalue weighted by molar-refractivity contribution is 5.97. The topological polar surface area (TPSA) is 65.6 Å². The molecule has 1 saturated heterocycles. The standard InChI is InChI=1S/C29H26FN3O3/c1-36-25-12-5-3-10-21(25)28-27-22(20-9-2-4-11-23(20)31-27)16-24-29(35)32(17-26(34)33(24)28)14-13-18-7-6-8-19(30)15-18/h2-12,15,24,28,31H,13-14,16-17H2,1H3/t24-,28+/m0/s1. The minimum atomic E-state index is -0.625. The van der Waals surface area contributed by atoms with Gasteiger partial charge in [0.1, 0.15) is 23.7 Å². The van der Waals surface area contributed by atoms with Gasteiger partial charge in [-0.3, -0.25) is 9.59 Å². The Kier molecular flexibility index (Phi) is 5.48. The highest BCUT2D eigenvalue weighted by Crippen LogP contribution is 2.44. The molecule has 3 heterocycles. The molecular weight excluding hydrogens is 457 g/mol. The van der Waals surface area contributed by atoms with Crippen molar-refractivity contribution >= 4 is 22.7 Å². The number of hydrogen-bond donors (Lipinski definition) is 1. The van der Waals surface area contributed by atoms with Gasteiger partial charge in [-0.1, -0.05) is 48.5 Å². The van der Waals surface area contributed by atoms with Crippen molar-refractivity contribution in [1.82, 2.24) is 14.8 Å². The molecule has 6 rings (SSSR count). The van der Waals surface area contributed by atoms with Gasteiger partial charge in [0.15, 0.2) is 0 Å². The Balaban J connectivity index is 1.41. The second kappa shape index (κ2) is 8.82.